The Hall–Kier alpha value is -2.25. The minimum absolute atomic E-state index is 0.0652. The number of halogens is 1. The van der Waals surface area contributed by atoms with Crippen molar-refractivity contribution in [3.05, 3.63) is 68.4 Å². The summed E-state index contributed by atoms with van der Waals surface area (Å²) >= 11 is 3.44. The van der Waals surface area contributed by atoms with Gasteiger partial charge in [-0.3, -0.25) is 15.0 Å². The van der Waals surface area contributed by atoms with E-state index in [0.29, 0.717) is 12.1 Å². The fourth-order valence-corrected chi connectivity index (χ4v) is 2.96. The molecule has 0 radical (unpaired) electrons. The van der Waals surface area contributed by atoms with Gasteiger partial charge >= 0.3 is 0 Å². The van der Waals surface area contributed by atoms with Crippen molar-refractivity contribution in [2.24, 2.45) is 7.05 Å². The van der Waals surface area contributed by atoms with Gasteiger partial charge in [0.2, 0.25) is 0 Å². The number of aryl methyl sites for hydroxylation is 1. The topological polar surface area (TPSA) is 64.2 Å². The summed E-state index contributed by atoms with van der Waals surface area (Å²) in [5.74, 6) is 0.880. The second-order valence-corrected chi connectivity index (χ2v) is 6.73. The SMILES string of the molecule is CN(Cc1ccc(Br)cc1)Cc1nc2cc([N+](=O)[O-])ccc2n1C. The highest BCUT2D eigenvalue weighted by Gasteiger charge is 2.14. The highest BCUT2D eigenvalue weighted by Crippen LogP contribution is 2.22. The fraction of sp³-hybridized carbons (Fsp3) is 0.235. The molecule has 0 N–H and O–H groups in total. The van der Waals surface area contributed by atoms with E-state index in [0.717, 1.165) is 22.4 Å². The van der Waals surface area contributed by atoms with E-state index < -0.39 is 4.92 Å². The number of imidazole rings is 1. The molecule has 2 aromatic carbocycles. The molecule has 3 aromatic rings. The predicted octanol–water partition coefficient (Wildman–Crippen LogP) is 3.88. The van der Waals surface area contributed by atoms with Crippen molar-refractivity contribution in [2.45, 2.75) is 13.1 Å². The molecule has 0 unspecified atom stereocenters. The number of benzene rings is 2. The highest BCUT2D eigenvalue weighted by atomic mass is 79.9. The third-order valence-corrected chi connectivity index (χ3v) is 4.47. The van der Waals surface area contributed by atoms with E-state index in [2.05, 4.69) is 37.9 Å². The molecule has 0 spiro atoms. The number of rotatable bonds is 5. The number of nitrogens with zero attached hydrogens (tertiary/aromatic N) is 4. The normalized spacial score (nSPS) is 11.3. The molecule has 0 fully saturated rings. The number of hydrogen-bond donors (Lipinski definition) is 0. The second-order valence-electron chi connectivity index (χ2n) is 5.82. The van der Waals surface area contributed by atoms with Crippen molar-refractivity contribution in [3.63, 3.8) is 0 Å². The van der Waals surface area contributed by atoms with Crippen LogP contribution in [-0.4, -0.2) is 26.4 Å². The van der Waals surface area contributed by atoms with Gasteiger partial charge in [-0.25, -0.2) is 4.98 Å². The van der Waals surface area contributed by atoms with E-state index in [9.17, 15) is 10.1 Å². The van der Waals surface area contributed by atoms with Gasteiger partial charge in [0.15, 0.2) is 0 Å². The van der Waals surface area contributed by atoms with Gasteiger partial charge in [0.1, 0.15) is 5.82 Å². The van der Waals surface area contributed by atoms with Crippen LogP contribution in [0.15, 0.2) is 46.9 Å². The molecule has 0 saturated carbocycles. The van der Waals surface area contributed by atoms with Crippen molar-refractivity contribution in [2.75, 3.05) is 7.05 Å². The fourth-order valence-electron chi connectivity index (χ4n) is 2.69. The standard InChI is InChI=1S/C17H17BrN4O2/c1-20(10-12-3-5-13(18)6-4-12)11-17-19-15-9-14(22(23)24)7-8-16(15)21(17)2/h3-9H,10-11H2,1-2H3. The summed E-state index contributed by atoms with van der Waals surface area (Å²) in [6.07, 6.45) is 0. The molecule has 0 aliphatic carbocycles. The molecule has 0 aliphatic heterocycles. The van der Waals surface area contributed by atoms with Gasteiger partial charge in [-0.1, -0.05) is 28.1 Å². The van der Waals surface area contributed by atoms with Crippen LogP contribution in [0.25, 0.3) is 11.0 Å². The van der Waals surface area contributed by atoms with Crippen LogP contribution in [0.4, 0.5) is 5.69 Å². The Kier molecular flexibility index (Phi) is 4.64. The van der Waals surface area contributed by atoms with Crippen LogP contribution >= 0.6 is 15.9 Å². The van der Waals surface area contributed by atoms with Crippen molar-refractivity contribution in [1.29, 1.82) is 0 Å². The lowest BCUT2D eigenvalue weighted by atomic mass is 10.2. The lowest BCUT2D eigenvalue weighted by Crippen LogP contribution is -2.19. The molecular weight excluding hydrogens is 372 g/mol. The van der Waals surface area contributed by atoms with E-state index >= 15 is 0 Å². The van der Waals surface area contributed by atoms with E-state index in [-0.39, 0.29) is 5.69 Å². The Morgan fingerprint density at radius 3 is 2.58 bits per heavy atom. The molecular formula is C17H17BrN4O2. The van der Waals surface area contributed by atoms with Gasteiger partial charge in [0.25, 0.3) is 5.69 Å². The van der Waals surface area contributed by atoms with Crippen molar-refractivity contribution < 1.29 is 4.92 Å². The summed E-state index contributed by atoms with van der Waals surface area (Å²) in [7, 11) is 3.97. The molecule has 0 amide bonds. The van der Waals surface area contributed by atoms with Crippen LogP contribution in [0.5, 0.6) is 0 Å². The molecule has 3 rings (SSSR count). The maximum atomic E-state index is 10.9. The molecule has 0 bridgehead atoms. The number of nitro groups is 1. The summed E-state index contributed by atoms with van der Waals surface area (Å²) in [5, 5.41) is 10.9. The number of hydrogen-bond acceptors (Lipinski definition) is 4. The quantitative estimate of drug-likeness (QED) is 0.491. The van der Waals surface area contributed by atoms with Gasteiger partial charge in [-0.15, -0.1) is 0 Å². The number of aromatic nitrogens is 2. The number of nitro benzene ring substituents is 1. The summed E-state index contributed by atoms with van der Waals surface area (Å²) in [6, 6.07) is 13.0. The van der Waals surface area contributed by atoms with Crippen LogP contribution in [0.2, 0.25) is 0 Å². The Labute approximate surface area is 148 Å². The van der Waals surface area contributed by atoms with Crippen molar-refractivity contribution >= 4 is 32.7 Å². The Morgan fingerprint density at radius 2 is 1.92 bits per heavy atom. The molecule has 24 heavy (non-hydrogen) atoms. The van der Waals surface area contributed by atoms with Gasteiger partial charge in [-0.2, -0.15) is 0 Å². The highest BCUT2D eigenvalue weighted by molar-refractivity contribution is 9.10. The minimum Gasteiger partial charge on any atom is -0.330 e. The molecule has 6 nitrogen and oxygen atoms in total. The third-order valence-electron chi connectivity index (χ3n) is 3.94. The average molecular weight is 389 g/mol. The number of fused-ring (bicyclic) bond motifs is 1. The van der Waals surface area contributed by atoms with Crippen LogP contribution in [-0.2, 0) is 20.1 Å². The van der Waals surface area contributed by atoms with E-state index in [4.69, 9.17) is 0 Å². The Balaban J connectivity index is 1.80. The Bertz CT molecular complexity index is 889. The Morgan fingerprint density at radius 1 is 1.21 bits per heavy atom. The third kappa shape index (κ3) is 3.47. The van der Waals surface area contributed by atoms with Gasteiger partial charge < -0.3 is 4.57 Å². The molecule has 124 valence electrons. The lowest BCUT2D eigenvalue weighted by molar-refractivity contribution is -0.384. The largest absolute Gasteiger partial charge is 0.330 e. The zero-order valence-electron chi connectivity index (χ0n) is 13.4. The maximum absolute atomic E-state index is 10.9. The second kappa shape index (κ2) is 6.70. The smallest absolute Gasteiger partial charge is 0.271 e. The van der Waals surface area contributed by atoms with Crippen molar-refractivity contribution in [1.82, 2.24) is 14.5 Å². The zero-order valence-corrected chi connectivity index (χ0v) is 15.0. The van der Waals surface area contributed by atoms with Crippen LogP contribution in [0.1, 0.15) is 11.4 Å². The lowest BCUT2D eigenvalue weighted by Gasteiger charge is -2.16. The van der Waals surface area contributed by atoms with E-state index in [1.807, 2.05) is 30.8 Å². The van der Waals surface area contributed by atoms with Gasteiger partial charge in [0, 0.05) is 30.2 Å². The molecule has 0 atom stereocenters. The molecule has 0 saturated heterocycles. The van der Waals surface area contributed by atoms with E-state index in [1.54, 1.807) is 6.07 Å². The van der Waals surface area contributed by atoms with Crippen LogP contribution in [0, 0.1) is 10.1 Å². The first-order valence-electron chi connectivity index (χ1n) is 7.47. The molecule has 1 aromatic heterocycles. The zero-order chi connectivity index (χ0) is 17.3. The predicted molar refractivity (Wildman–Crippen MR) is 96.7 cm³/mol. The molecule has 0 aliphatic rings. The minimum atomic E-state index is -0.395. The number of non-ortho nitro benzene ring substituents is 1. The van der Waals surface area contributed by atoms with E-state index in [1.165, 1.54) is 17.7 Å². The first kappa shape index (κ1) is 16.6. The first-order chi connectivity index (χ1) is 11.4. The summed E-state index contributed by atoms with van der Waals surface area (Å²) in [4.78, 5) is 17.2. The summed E-state index contributed by atoms with van der Waals surface area (Å²) in [5.41, 5.74) is 2.83. The average Bonchev–Trinajstić information content (AvgIpc) is 2.85. The monoisotopic (exact) mass is 388 g/mol. The first-order valence-corrected chi connectivity index (χ1v) is 8.26. The molecule has 7 heteroatoms. The summed E-state index contributed by atoms with van der Waals surface area (Å²) in [6.45, 7) is 1.46. The van der Waals surface area contributed by atoms with Gasteiger partial charge in [-0.05, 0) is 30.8 Å². The molecule has 1 heterocycles. The summed E-state index contributed by atoms with van der Waals surface area (Å²) < 4.78 is 3.04. The van der Waals surface area contributed by atoms with Gasteiger partial charge in [0.05, 0.1) is 22.5 Å². The van der Waals surface area contributed by atoms with Crippen LogP contribution < -0.4 is 0 Å². The van der Waals surface area contributed by atoms with Crippen molar-refractivity contribution in [3.8, 4) is 0 Å². The maximum Gasteiger partial charge on any atom is 0.271 e. The van der Waals surface area contributed by atoms with Crippen LogP contribution in [0.3, 0.4) is 0 Å².